The van der Waals surface area contributed by atoms with Gasteiger partial charge in [-0.3, -0.25) is 14.4 Å². The van der Waals surface area contributed by atoms with Gasteiger partial charge in [0.05, 0.1) is 25.0 Å². The van der Waals surface area contributed by atoms with Crippen LogP contribution in [0.5, 0.6) is 0 Å². The third kappa shape index (κ3) is 8.64. The Hall–Kier alpha value is -3.45. The number of ether oxygens (including phenoxy) is 1. The van der Waals surface area contributed by atoms with E-state index in [1.807, 2.05) is 72.8 Å². The first-order valence-electron chi connectivity index (χ1n) is 12.6. The molecule has 0 aliphatic carbocycles. The summed E-state index contributed by atoms with van der Waals surface area (Å²) in [5.74, 6) is -1.60. The van der Waals surface area contributed by atoms with Gasteiger partial charge in [-0.2, -0.15) is 0 Å². The van der Waals surface area contributed by atoms with E-state index in [1.54, 1.807) is 11.8 Å². The van der Waals surface area contributed by atoms with E-state index < -0.39 is 12.0 Å². The fourth-order valence-electron chi connectivity index (χ4n) is 4.25. The van der Waals surface area contributed by atoms with Crippen LogP contribution < -0.4 is 5.32 Å². The molecule has 1 aliphatic rings. The monoisotopic (exact) mass is 492 g/mol. The summed E-state index contributed by atoms with van der Waals surface area (Å²) >= 11 is 0. The fourth-order valence-corrected chi connectivity index (χ4v) is 4.25. The second kappa shape index (κ2) is 14.2. The van der Waals surface area contributed by atoms with Crippen molar-refractivity contribution in [2.75, 3.05) is 19.7 Å². The second-order valence-corrected chi connectivity index (χ2v) is 9.25. The molecule has 7 heteroatoms. The first-order chi connectivity index (χ1) is 17.5. The maximum atomic E-state index is 13.1. The number of aliphatic hydroxyl groups excluding tert-OH is 1. The van der Waals surface area contributed by atoms with E-state index in [4.69, 9.17) is 4.74 Å². The molecule has 3 rings (SSSR count). The van der Waals surface area contributed by atoms with Crippen LogP contribution in [0.2, 0.25) is 0 Å². The van der Waals surface area contributed by atoms with Crippen molar-refractivity contribution in [3.05, 3.63) is 83.9 Å². The molecule has 0 saturated heterocycles. The average molecular weight is 493 g/mol. The average Bonchev–Trinajstić information content (AvgIpc) is 2.88. The molecule has 2 amide bonds. The molecule has 1 heterocycles. The van der Waals surface area contributed by atoms with Gasteiger partial charge in [0.25, 0.3) is 0 Å². The van der Waals surface area contributed by atoms with Gasteiger partial charge >= 0.3 is 5.97 Å². The Labute approximate surface area is 213 Å². The Kier molecular flexibility index (Phi) is 10.7. The lowest BCUT2D eigenvalue weighted by molar-refractivity contribution is -0.153. The van der Waals surface area contributed by atoms with E-state index in [1.165, 1.54) is 0 Å². The van der Waals surface area contributed by atoms with Crippen LogP contribution in [0, 0.1) is 11.8 Å². The van der Waals surface area contributed by atoms with Gasteiger partial charge in [0.1, 0.15) is 6.10 Å². The first-order valence-corrected chi connectivity index (χ1v) is 12.6. The van der Waals surface area contributed by atoms with Crippen LogP contribution in [0.3, 0.4) is 0 Å². The van der Waals surface area contributed by atoms with Crippen LogP contribution in [-0.2, 0) is 32.1 Å². The van der Waals surface area contributed by atoms with Crippen molar-refractivity contribution >= 4 is 17.8 Å². The Balaban J connectivity index is 1.69. The molecular formula is C29H36N2O5. The van der Waals surface area contributed by atoms with Gasteiger partial charge in [-0.25, -0.2) is 0 Å². The summed E-state index contributed by atoms with van der Waals surface area (Å²) in [7, 11) is 0. The Morgan fingerprint density at radius 1 is 0.972 bits per heavy atom. The zero-order valence-corrected chi connectivity index (χ0v) is 20.8. The summed E-state index contributed by atoms with van der Waals surface area (Å²) in [6.45, 7) is 2.36. The number of allylic oxidation sites excluding steroid dienone is 2. The summed E-state index contributed by atoms with van der Waals surface area (Å²) < 4.78 is 5.62. The van der Waals surface area contributed by atoms with E-state index >= 15 is 0 Å². The number of hydrogen-bond acceptors (Lipinski definition) is 5. The first kappa shape index (κ1) is 27.1. The summed E-state index contributed by atoms with van der Waals surface area (Å²) in [6, 6.07) is 19.4. The van der Waals surface area contributed by atoms with Crippen molar-refractivity contribution < 1.29 is 24.2 Å². The lowest BCUT2D eigenvalue weighted by Gasteiger charge is -2.25. The number of aliphatic hydroxyl groups is 1. The highest BCUT2D eigenvalue weighted by atomic mass is 16.5. The van der Waals surface area contributed by atoms with Crippen LogP contribution in [0.25, 0.3) is 0 Å². The summed E-state index contributed by atoms with van der Waals surface area (Å²) in [6.07, 6.45) is 4.78. The molecule has 36 heavy (non-hydrogen) atoms. The normalized spacial score (nSPS) is 21.0. The minimum atomic E-state index is -0.555. The fraction of sp³-hybridized carbons (Fsp3) is 0.414. The van der Waals surface area contributed by atoms with Crippen molar-refractivity contribution in [1.82, 2.24) is 10.2 Å². The van der Waals surface area contributed by atoms with Gasteiger partial charge in [-0.15, -0.1) is 0 Å². The third-order valence-corrected chi connectivity index (χ3v) is 6.28. The largest absolute Gasteiger partial charge is 0.461 e. The SMILES string of the molecule is C[C@H]1CNC(=O)[C@@H](CC(=O)N(CCO)Cc2ccccc2)CC=CC[C@H](Cc2ccccc2)C(=O)O1. The van der Waals surface area contributed by atoms with Crippen molar-refractivity contribution in [1.29, 1.82) is 0 Å². The molecule has 2 N–H and O–H groups in total. The molecule has 0 spiro atoms. The predicted octanol–water partition coefficient (Wildman–Crippen LogP) is 3.27. The Morgan fingerprint density at radius 3 is 2.22 bits per heavy atom. The molecule has 3 atom stereocenters. The number of rotatable bonds is 8. The van der Waals surface area contributed by atoms with E-state index in [0.717, 1.165) is 11.1 Å². The summed E-state index contributed by atoms with van der Waals surface area (Å²) in [5.41, 5.74) is 2.02. The molecule has 2 aromatic rings. The molecule has 1 aliphatic heterocycles. The molecule has 0 radical (unpaired) electrons. The number of cyclic esters (lactones) is 1. The quantitative estimate of drug-likeness (QED) is 0.436. The number of nitrogens with one attached hydrogen (secondary N) is 1. The van der Waals surface area contributed by atoms with Gasteiger partial charge in [0.2, 0.25) is 11.8 Å². The van der Waals surface area contributed by atoms with Crippen molar-refractivity contribution in [2.24, 2.45) is 11.8 Å². The number of carbonyl (C=O) groups excluding carboxylic acids is 3. The standard InChI is InChI=1S/C29H36N2O5/c1-22-20-30-28(34)25(19-27(33)31(16-17-32)21-24-12-6-3-7-13-24)14-8-9-15-26(29(35)36-22)18-23-10-4-2-5-11-23/h2-13,22,25-26,32H,14-21H2,1H3,(H,30,34)/t22-,25+,26+/m0/s1. The molecule has 2 aromatic carbocycles. The lowest BCUT2D eigenvalue weighted by Crippen LogP contribution is -2.41. The number of nitrogens with zero attached hydrogens (tertiary/aromatic N) is 1. The smallest absolute Gasteiger partial charge is 0.309 e. The van der Waals surface area contributed by atoms with E-state index in [-0.39, 0.29) is 49.8 Å². The number of benzene rings is 2. The number of carbonyl (C=O) groups is 3. The van der Waals surface area contributed by atoms with Gasteiger partial charge in [-0.05, 0) is 37.3 Å². The zero-order chi connectivity index (χ0) is 25.8. The van der Waals surface area contributed by atoms with Gasteiger partial charge in [0.15, 0.2) is 0 Å². The van der Waals surface area contributed by atoms with E-state index in [2.05, 4.69) is 5.32 Å². The van der Waals surface area contributed by atoms with Gasteiger partial charge in [0, 0.05) is 19.5 Å². The number of hydrogen-bond donors (Lipinski definition) is 2. The minimum Gasteiger partial charge on any atom is -0.461 e. The summed E-state index contributed by atoms with van der Waals surface area (Å²) in [4.78, 5) is 40.4. The van der Waals surface area contributed by atoms with Crippen LogP contribution in [0.15, 0.2) is 72.8 Å². The van der Waals surface area contributed by atoms with Gasteiger partial charge < -0.3 is 20.1 Å². The highest BCUT2D eigenvalue weighted by Crippen LogP contribution is 2.19. The van der Waals surface area contributed by atoms with E-state index in [0.29, 0.717) is 25.8 Å². The molecule has 7 nitrogen and oxygen atoms in total. The molecule has 0 saturated carbocycles. The molecule has 0 aromatic heterocycles. The molecule has 192 valence electrons. The zero-order valence-electron chi connectivity index (χ0n) is 20.8. The minimum absolute atomic E-state index is 0.0324. The highest BCUT2D eigenvalue weighted by molar-refractivity contribution is 5.86. The molecule has 0 fully saturated rings. The van der Waals surface area contributed by atoms with Crippen molar-refractivity contribution in [2.45, 2.75) is 45.3 Å². The maximum Gasteiger partial charge on any atom is 0.309 e. The molecule has 0 bridgehead atoms. The summed E-state index contributed by atoms with van der Waals surface area (Å²) in [5, 5.41) is 12.3. The lowest BCUT2D eigenvalue weighted by atomic mass is 9.94. The van der Waals surface area contributed by atoms with Crippen LogP contribution in [-0.4, -0.2) is 53.6 Å². The third-order valence-electron chi connectivity index (χ3n) is 6.28. The molecule has 0 unspecified atom stereocenters. The van der Waals surface area contributed by atoms with Crippen LogP contribution >= 0.6 is 0 Å². The van der Waals surface area contributed by atoms with Crippen molar-refractivity contribution in [3.8, 4) is 0 Å². The second-order valence-electron chi connectivity index (χ2n) is 9.25. The maximum absolute atomic E-state index is 13.1. The molecular weight excluding hydrogens is 456 g/mol. The van der Waals surface area contributed by atoms with Crippen molar-refractivity contribution in [3.63, 3.8) is 0 Å². The Morgan fingerprint density at radius 2 is 1.58 bits per heavy atom. The Bertz CT molecular complexity index is 1010. The highest BCUT2D eigenvalue weighted by Gasteiger charge is 2.27. The van der Waals surface area contributed by atoms with E-state index in [9.17, 15) is 19.5 Å². The van der Waals surface area contributed by atoms with Crippen LogP contribution in [0.1, 0.15) is 37.3 Å². The van der Waals surface area contributed by atoms with Gasteiger partial charge in [-0.1, -0.05) is 72.8 Å². The number of esters is 1. The number of amides is 2. The van der Waals surface area contributed by atoms with Crippen LogP contribution in [0.4, 0.5) is 0 Å². The topological polar surface area (TPSA) is 95.9 Å². The predicted molar refractivity (Wildman–Crippen MR) is 138 cm³/mol.